The van der Waals surface area contributed by atoms with Crippen molar-refractivity contribution in [2.24, 2.45) is 13.0 Å². The fourth-order valence-electron chi connectivity index (χ4n) is 8.83. The maximum absolute atomic E-state index is 14.1. The first-order valence-electron chi connectivity index (χ1n) is 19.3. The largest absolute Gasteiger partial charge is 0.433 e. The van der Waals surface area contributed by atoms with Crippen LogP contribution in [0.2, 0.25) is 0 Å². The molecule has 3 fully saturated rings. The van der Waals surface area contributed by atoms with E-state index in [0.29, 0.717) is 30.3 Å². The highest BCUT2D eigenvalue weighted by atomic mass is 19.4. The molecule has 3 amide bonds. The van der Waals surface area contributed by atoms with Gasteiger partial charge in [-0.2, -0.15) is 23.4 Å². The summed E-state index contributed by atoms with van der Waals surface area (Å²) in [7, 11) is 3.83. The van der Waals surface area contributed by atoms with Crippen molar-refractivity contribution in [2.75, 3.05) is 36.9 Å². The minimum Gasteiger partial charge on any atom is -0.370 e. The number of aryl methyl sites for hydroxylation is 1. The Labute approximate surface area is 327 Å². The van der Waals surface area contributed by atoms with Crippen LogP contribution < -0.4 is 21.2 Å². The first kappa shape index (κ1) is 39.2. The molecule has 1 atom stereocenters. The van der Waals surface area contributed by atoms with E-state index in [2.05, 4.69) is 42.7 Å². The van der Waals surface area contributed by atoms with Crippen LogP contribution in [0, 0.1) is 5.92 Å². The van der Waals surface area contributed by atoms with Crippen LogP contribution >= 0.6 is 0 Å². The number of nitrogens with one attached hydrogen (secondary N) is 2. The summed E-state index contributed by atoms with van der Waals surface area (Å²) in [5.41, 5.74) is -0.727. The van der Waals surface area contributed by atoms with Crippen molar-refractivity contribution in [3.8, 4) is 0 Å². The van der Waals surface area contributed by atoms with Gasteiger partial charge in [-0.3, -0.25) is 33.5 Å². The molecule has 3 aliphatic rings. The second-order valence-electron chi connectivity index (χ2n) is 15.5. The third kappa shape index (κ3) is 7.33. The molecule has 308 valence electrons. The van der Waals surface area contributed by atoms with E-state index in [1.807, 2.05) is 18.2 Å². The van der Waals surface area contributed by atoms with Gasteiger partial charge in [0.1, 0.15) is 17.3 Å². The summed E-state index contributed by atoms with van der Waals surface area (Å²) in [6.07, 6.45) is 0.937. The van der Waals surface area contributed by atoms with Crippen LogP contribution in [-0.4, -0.2) is 88.9 Å². The molecule has 1 saturated carbocycles. The molecule has 58 heavy (non-hydrogen) atoms. The van der Waals surface area contributed by atoms with Crippen molar-refractivity contribution in [1.29, 1.82) is 0 Å². The number of imide groups is 1. The monoisotopic (exact) mass is 811 g/mol. The van der Waals surface area contributed by atoms with Gasteiger partial charge in [0.05, 0.1) is 34.6 Å². The molecule has 20 heteroatoms. The molecule has 8 rings (SSSR count). The van der Waals surface area contributed by atoms with Crippen molar-refractivity contribution in [1.82, 2.24) is 43.7 Å². The minimum absolute atomic E-state index is 0.171. The summed E-state index contributed by atoms with van der Waals surface area (Å²) in [5, 5.41) is 12.7. The number of amides is 3. The van der Waals surface area contributed by atoms with Gasteiger partial charge in [0.2, 0.25) is 11.8 Å². The number of anilines is 2. The van der Waals surface area contributed by atoms with Crippen LogP contribution in [0.5, 0.6) is 0 Å². The zero-order chi connectivity index (χ0) is 41.0. The highest BCUT2D eigenvalue weighted by Gasteiger charge is 2.35. The van der Waals surface area contributed by atoms with Crippen LogP contribution in [0.4, 0.5) is 33.3 Å². The van der Waals surface area contributed by atoms with E-state index in [4.69, 9.17) is 0 Å². The highest BCUT2D eigenvalue weighted by molar-refractivity contribution is 6.08. The van der Waals surface area contributed by atoms with Gasteiger partial charge in [-0.15, -0.1) is 0 Å². The van der Waals surface area contributed by atoms with E-state index < -0.39 is 41.8 Å². The number of piperidine rings is 2. The smallest absolute Gasteiger partial charge is 0.370 e. The average Bonchev–Trinajstić information content (AvgIpc) is 3.89. The fourth-order valence-corrected chi connectivity index (χ4v) is 8.83. The molecule has 2 aliphatic heterocycles. The molecule has 15 nitrogen and oxygen atoms in total. The Morgan fingerprint density at radius 3 is 2.47 bits per heavy atom. The molecule has 0 bridgehead atoms. The average molecular weight is 812 g/mol. The quantitative estimate of drug-likeness (QED) is 0.153. The van der Waals surface area contributed by atoms with Gasteiger partial charge in [-0.05, 0) is 76.1 Å². The van der Waals surface area contributed by atoms with Crippen molar-refractivity contribution < 1.29 is 36.3 Å². The van der Waals surface area contributed by atoms with Crippen molar-refractivity contribution in [3.63, 3.8) is 0 Å². The number of nitrogens with zero attached hydrogens (tertiary/aromatic N) is 9. The second kappa shape index (κ2) is 15.3. The summed E-state index contributed by atoms with van der Waals surface area (Å²) in [6, 6.07) is 5.85. The molecule has 2 N–H and O–H groups in total. The molecule has 6 heterocycles. The summed E-state index contributed by atoms with van der Waals surface area (Å²) in [4.78, 5) is 59.2. The van der Waals surface area contributed by atoms with Gasteiger partial charge in [-0.1, -0.05) is 6.07 Å². The molecular formula is C38H42F5N11O4. The zero-order valence-electron chi connectivity index (χ0n) is 31.8. The van der Waals surface area contributed by atoms with Gasteiger partial charge in [0, 0.05) is 51.5 Å². The SMILES string of the molecule is CN(C[C@H]1CC[C@H](n2cc(NC(=O)c3cnn4ccc(C(F)(F)F)nc34)c(C(F)F)n2)CC1)C1CCN(c2cccc3c2n(C)c(=O)n3C2CCC(=O)NC2=O)CC1. The van der Waals surface area contributed by atoms with Crippen LogP contribution in [0.25, 0.3) is 16.7 Å². The van der Waals surface area contributed by atoms with Gasteiger partial charge >= 0.3 is 11.9 Å². The Hall–Kier alpha value is -5.66. The highest BCUT2D eigenvalue weighted by Crippen LogP contribution is 2.37. The fraction of sp³-hybridized carbons (Fsp3) is 0.500. The maximum atomic E-state index is 14.1. The molecule has 0 spiro atoms. The number of imidazole rings is 1. The van der Waals surface area contributed by atoms with Crippen molar-refractivity contribution in [3.05, 3.63) is 70.3 Å². The Morgan fingerprint density at radius 1 is 1.03 bits per heavy atom. The third-order valence-electron chi connectivity index (χ3n) is 11.9. The number of rotatable bonds is 9. The maximum Gasteiger partial charge on any atom is 0.433 e. The van der Waals surface area contributed by atoms with E-state index in [1.165, 1.54) is 15.4 Å². The Bertz CT molecular complexity index is 2440. The first-order chi connectivity index (χ1) is 27.7. The lowest BCUT2D eigenvalue weighted by atomic mass is 9.85. The van der Waals surface area contributed by atoms with Gasteiger partial charge in [0.15, 0.2) is 11.3 Å². The van der Waals surface area contributed by atoms with Gasteiger partial charge in [-0.25, -0.2) is 23.1 Å². The van der Waals surface area contributed by atoms with Crippen molar-refractivity contribution in [2.45, 2.75) is 82.1 Å². The Morgan fingerprint density at radius 2 is 1.78 bits per heavy atom. The number of hydrogen-bond donors (Lipinski definition) is 2. The minimum atomic E-state index is -4.75. The number of hydrogen-bond acceptors (Lipinski definition) is 9. The topological polar surface area (TPSA) is 157 Å². The molecule has 1 unspecified atom stereocenters. The second-order valence-corrected chi connectivity index (χ2v) is 15.5. The predicted molar refractivity (Wildman–Crippen MR) is 201 cm³/mol. The molecule has 2 saturated heterocycles. The van der Waals surface area contributed by atoms with E-state index in [0.717, 1.165) is 79.5 Å². The Kier molecular flexibility index (Phi) is 10.3. The number of carbonyl (C=O) groups excluding carboxylic acids is 3. The van der Waals surface area contributed by atoms with Crippen LogP contribution in [0.1, 0.15) is 91.6 Å². The lowest BCUT2D eigenvalue weighted by Gasteiger charge is -2.40. The van der Waals surface area contributed by atoms with Gasteiger partial charge < -0.3 is 15.1 Å². The molecule has 5 aromatic rings. The lowest BCUT2D eigenvalue weighted by molar-refractivity contribution is -0.141. The molecule has 0 radical (unpaired) electrons. The zero-order valence-corrected chi connectivity index (χ0v) is 31.8. The van der Waals surface area contributed by atoms with Crippen LogP contribution in [-0.2, 0) is 22.8 Å². The molecule has 1 aromatic carbocycles. The van der Waals surface area contributed by atoms with Crippen LogP contribution in [0.3, 0.4) is 0 Å². The Balaban J connectivity index is 0.871. The summed E-state index contributed by atoms with van der Waals surface area (Å²) in [6.45, 7) is 2.40. The molecule has 4 aromatic heterocycles. The third-order valence-corrected chi connectivity index (χ3v) is 11.9. The van der Waals surface area contributed by atoms with E-state index in [1.54, 1.807) is 11.6 Å². The number of halogens is 5. The number of fused-ring (bicyclic) bond motifs is 2. The summed E-state index contributed by atoms with van der Waals surface area (Å²) >= 11 is 0. The molecule has 1 aliphatic carbocycles. The lowest BCUT2D eigenvalue weighted by Crippen LogP contribution is -2.45. The van der Waals surface area contributed by atoms with E-state index >= 15 is 0 Å². The summed E-state index contributed by atoms with van der Waals surface area (Å²) in [5.74, 6) is -1.37. The van der Waals surface area contributed by atoms with E-state index in [-0.39, 0.29) is 47.4 Å². The molecular weight excluding hydrogens is 769 g/mol. The van der Waals surface area contributed by atoms with E-state index in [9.17, 15) is 41.1 Å². The number of carbonyl (C=O) groups is 3. The van der Waals surface area contributed by atoms with Crippen LogP contribution in [0.15, 0.2) is 47.7 Å². The van der Waals surface area contributed by atoms with Crippen molar-refractivity contribution >= 4 is 45.8 Å². The number of aromatic nitrogens is 7. The predicted octanol–water partition coefficient (Wildman–Crippen LogP) is 5.10. The normalized spacial score (nSPS) is 21.1. The number of alkyl halides is 5. The van der Waals surface area contributed by atoms with Gasteiger partial charge in [0.25, 0.3) is 12.3 Å². The number of benzene rings is 1. The number of para-hydroxylation sites is 1. The first-order valence-corrected chi connectivity index (χ1v) is 19.3. The summed E-state index contributed by atoms with van der Waals surface area (Å²) < 4.78 is 73.6. The standard InChI is InChI=1S/C38H42F5N11O4/c1-49(22-12-15-51(16-13-22)26-4-3-5-27-32(26)50(2)37(58)54(27)28-10-11-30(55)47-36(28)57)19-21-6-8-23(9-7-21)53-20-25(31(48-53)33(39)40)45-35(56)24-18-44-52-17-14-29(38(41,42)43)46-34(24)52/h3-5,14,17-18,20-23,28,33H,6-13,15-16,19H2,1-2H3,(H,45,56)(H,47,55,57)/t21-,23-,28?.